The Morgan fingerprint density at radius 1 is 1.32 bits per heavy atom. The van der Waals surface area contributed by atoms with Crippen LogP contribution in [-0.4, -0.2) is 48.6 Å². The molecule has 0 aliphatic carbocycles. The average molecular weight is 401 g/mol. The van der Waals surface area contributed by atoms with Crippen LogP contribution in [0.5, 0.6) is 0 Å². The van der Waals surface area contributed by atoms with Gasteiger partial charge in [-0.2, -0.15) is 4.80 Å². The van der Waals surface area contributed by atoms with Gasteiger partial charge in [0.25, 0.3) is 0 Å². The van der Waals surface area contributed by atoms with Gasteiger partial charge in [0.1, 0.15) is 5.82 Å². The standard InChI is InChI=1S/C19H18ClFN6O/c20-17-10-15(21)6-5-13(17)9-18(28)26-8-2-4-16(26)12-27-24-19(23-25-27)14-3-1-7-22-11-14/h1,3,5-7,10-11,16H,2,4,8-9,12H2/t16-/m1/s1. The number of hydrogen-bond donors (Lipinski definition) is 0. The minimum Gasteiger partial charge on any atom is -0.337 e. The second kappa shape index (κ2) is 8.02. The van der Waals surface area contributed by atoms with Gasteiger partial charge in [0.2, 0.25) is 11.7 Å². The Bertz CT molecular complexity index is 980. The molecule has 2 aromatic heterocycles. The summed E-state index contributed by atoms with van der Waals surface area (Å²) in [7, 11) is 0. The molecule has 0 bridgehead atoms. The molecule has 3 heterocycles. The third kappa shape index (κ3) is 4.01. The molecule has 1 fully saturated rings. The molecule has 7 nitrogen and oxygen atoms in total. The highest BCUT2D eigenvalue weighted by molar-refractivity contribution is 6.31. The van der Waals surface area contributed by atoms with E-state index in [0.29, 0.717) is 24.5 Å². The number of benzene rings is 1. The van der Waals surface area contributed by atoms with Crippen molar-refractivity contribution in [3.05, 3.63) is 59.1 Å². The van der Waals surface area contributed by atoms with Gasteiger partial charge in [-0.3, -0.25) is 9.78 Å². The Morgan fingerprint density at radius 3 is 3.00 bits per heavy atom. The molecule has 28 heavy (non-hydrogen) atoms. The molecule has 0 spiro atoms. The molecule has 144 valence electrons. The van der Waals surface area contributed by atoms with Crippen LogP contribution in [0, 0.1) is 5.82 Å². The van der Waals surface area contributed by atoms with Gasteiger partial charge < -0.3 is 4.90 Å². The molecular formula is C19H18ClFN6O. The number of tetrazole rings is 1. The predicted molar refractivity (Wildman–Crippen MR) is 101 cm³/mol. The van der Waals surface area contributed by atoms with Crippen LogP contribution in [0.3, 0.4) is 0 Å². The first-order chi connectivity index (χ1) is 13.6. The maximum Gasteiger partial charge on any atom is 0.227 e. The SMILES string of the molecule is O=C(Cc1ccc(F)cc1Cl)N1CCC[C@@H]1Cn1nnc(-c2cccnc2)n1. The van der Waals surface area contributed by atoms with Gasteiger partial charge in [-0.15, -0.1) is 10.2 Å². The van der Waals surface area contributed by atoms with Crippen LogP contribution in [0.2, 0.25) is 5.02 Å². The van der Waals surface area contributed by atoms with Crippen LogP contribution in [0.25, 0.3) is 11.4 Å². The molecule has 1 amide bonds. The van der Waals surface area contributed by atoms with Gasteiger partial charge >= 0.3 is 0 Å². The largest absolute Gasteiger partial charge is 0.337 e. The van der Waals surface area contributed by atoms with Crippen LogP contribution in [0.15, 0.2) is 42.7 Å². The van der Waals surface area contributed by atoms with Crippen molar-refractivity contribution in [3.8, 4) is 11.4 Å². The number of pyridine rings is 1. The molecule has 0 radical (unpaired) electrons. The van der Waals surface area contributed by atoms with Crippen LogP contribution in [0.1, 0.15) is 18.4 Å². The molecule has 0 unspecified atom stereocenters. The van der Waals surface area contributed by atoms with Crippen molar-refractivity contribution in [2.24, 2.45) is 0 Å². The van der Waals surface area contributed by atoms with Crippen LogP contribution < -0.4 is 0 Å². The van der Waals surface area contributed by atoms with E-state index >= 15 is 0 Å². The van der Waals surface area contributed by atoms with E-state index in [9.17, 15) is 9.18 Å². The lowest BCUT2D eigenvalue weighted by Gasteiger charge is -2.24. The predicted octanol–water partition coefficient (Wildman–Crippen LogP) is 2.76. The quantitative estimate of drug-likeness (QED) is 0.658. The van der Waals surface area contributed by atoms with Gasteiger partial charge in [-0.25, -0.2) is 4.39 Å². The Balaban J connectivity index is 1.43. The summed E-state index contributed by atoms with van der Waals surface area (Å²) < 4.78 is 13.2. The Kier molecular flexibility index (Phi) is 5.29. The highest BCUT2D eigenvalue weighted by Gasteiger charge is 2.30. The van der Waals surface area contributed by atoms with E-state index in [4.69, 9.17) is 11.6 Å². The summed E-state index contributed by atoms with van der Waals surface area (Å²) in [4.78, 5) is 20.2. The number of carbonyl (C=O) groups is 1. The second-order valence-corrected chi connectivity index (χ2v) is 7.11. The summed E-state index contributed by atoms with van der Waals surface area (Å²) in [5.74, 6) is 0.0487. The third-order valence-electron chi connectivity index (χ3n) is 4.80. The molecule has 3 aromatic rings. The molecular weight excluding hydrogens is 383 g/mol. The summed E-state index contributed by atoms with van der Waals surface area (Å²) in [6.07, 6.45) is 5.29. The van der Waals surface area contributed by atoms with Crippen LogP contribution in [-0.2, 0) is 17.8 Å². The Labute approximate surface area is 166 Å². The fraction of sp³-hybridized carbons (Fsp3) is 0.316. The molecule has 1 aromatic carbocycles. The normalized spacial score (nSPS) is 16.5. The number of carbonyl (C=O) groups excluding carboxylic acids is 1. The Hall–Kier alpha value is -2.87. The van der Waals surface area contributed by atoms with E-state index in [1.165, 1.54) is 16.9 Å². The van der Waals surface area contributed by atoms with Gasteiger partial charge in [0.15, 0.2) is 0 Å². The number of halogens is 2. The van der Waals surface area contributed by atoms with Crippen LogP contribution >= 0.6 is 11.6 Å². The van der Waals surface area contributed by atoms with Crippen molar-refractivity contribution in [1.82, 2.24) is 30.1 Å². The minimum absolute atomic E-state index is 0.0114. The van der Waals surface area contributed by atoms with Gasteiger partial charge in [-0.1, -0.05) is 17.7 Å². The van der Waals surface area contributed by atoms with Crippen molar-refractivity contribution in [3.63, 3.8) is 0 Å². The maximum atomic E-state index is 13.2. The van der Waals surface area contributed by atoms with E-state index in [0.717, 1.165) is 18.4 Å². The Morgan fingerprint density at radius 2 is 2.21 bits per heavy atom. The number of likely N-dealkylation sites (tertiary alicyclic amines) is 1. The molecule has 9 heteroatoms. The second-order valence-electron chi connectivity index (χ2n) is 6.71. The molecule has 1 aliphatic heterocycles. The monoisotopic (exact) mass is 400 g/mol. The van der Waals surface area contributed by atoms with E-state index in [1.807, 2.05) is 17.0 Å². The van der Waals surface area contributed by atoms with Crippen molar-refractivity contribution >= 4 is 17.5 Å². The molecule has 0 saturated carbocycles. The first-order valence-electron chi connectivity index (χ1n) is 9.02. The number of rotatable bonds is 5. The number of amides is 1. The summed E-state index contributed by atoms with van der Waals surface area (Å²) in [6.45, 7) is 1.14. The third-order valence-corrected chi connectivity index (χ3v) is 5.15. The van der Waals surface area contributed by atoms with Gasteiger partial charge in [0, 0.05) is 29.5 Å². The highest BCUT2D eigenvalue weighted by Crippen LogP contribution is 2.23. The zero-order valence-corrected chi connectivity index (χ0v) is 15.8. The molecule has 1 atom stereocenters. The van der Waals surface area contributed by atoms with Crippen molar-refractivity contribution in [2.75, 3.05) is 6.54 Å². The summed E-state index contributed by atoms with van der Waals surface area (Å²) >= 11 is 6.06. The van der Waals surface area contributed by atoms with Crippen molar-refractivity contribution in [2.45, 2.75) is 31.8 Å². The zero-order valence-electron chi connectivity index (χ0n) is 15.0. The fourth-order valence-electron chi connectivity index (χ4n) is 3.40. The van der Waals surface area contributed by atoms with Crippen LogP contribution in [0.4, 0.5) is 4.39 Å². The highest BCUT2D eigenvalue weighted by atomic mass is 35.5. The minimum atomic E-state index is -0.415. The summed E-state index contributed by atoms with van der Waals surface area (Å²) in [5, 5.41) is 12.8. The molecule has 1 aliphatic rings. The summed E-state index contributed by atoms with van der Waals surface area (Å²) in [5.41, 5.74) is 1.41. The lowest BCUT2D eigenvalue weighted by atomic mass is 10.1. The van der Waals surface area contributed by atoms with E-state index in [1.54, 1.807) is 18.5 Å². The maximum absolute atomic E-state index is 13.2. The molecule has 1 saturated heterocycles. The van der Waals surface area contributed by atoms with E-state index < -0.39 is 5.82 Å². The zero-order chi connectivity index (χ0) is 19.5. The number of hydrogen-bond acceptors (Lipinski definition) is 5. The number of aromatic nitrogens is 5. The lowest BCUT2D eigenvalue weighted by molar-refractivity contribution is -0.131. The smallest absolute Gasteiger partial charge is 0.227 e. The lowest BCUT2D eigenvalue weighted by Crippen LogP contribution is -2.39. The molecule has 4 rings (SSSR count). The topological polar surface area (TPSA) is 76.8 Å². The average Bonchev–Trinajstić information content (AvgIpc) is 3.35. The van der Waals surface area contributed by atoms with E-state index in [2.05, 4.69) is 20.4 Å². The van der Waals surface area contributed by atoms with Gasteiger partial charge in [-0.05, 0) is 47.9 Å². The fourth-order valence-corrected chi connectivity index (χ4v) is 3.64. The summed E-state index contributed by atoms with van der Waals surface area (Å²) in [6, 6.07) is 7.77. The van der Waals surface area contributed by atoms with E-state index in [-0.39, 0.29) is 23.4 Å². The van der Waals surface area contributed by atoms with Crippen molar-refractivity contribution in [1.29, 1.82) is 0 Å². The van der Waals surface area contributed by atoms with Crippen molar-refractivity contribution < 1.29 is 9.18 Å². The first-order valence-corrected chi connectivity index (χ1v) is 9.39. The van der Waals surface area contributed by atoms with Gasteiger partial charge in [0.05, 0.1) is 19.0 Å². The first kappa shape index (κ1) is 18.5. The molecule has 0 N–H and O–H groups in total. The number of nitrogens with zero attached hydrogens (tertiary/aromatic N) is 6.